The van der Waals surface area contributed by atoms with Gasteiger partial charge in [0.1, 0.15) is 11.9 Å². The zero-order valence-electron chi connectivity index (χ0n) is 11.0. The molecule has 0 radical (unpaired) electrons. The van der Waals surface area contributed by atoms with Crippen molar-refractivity contribution in [3.63, 3.8) is 0 Å². The van der Waals surface area contributed by atoms with Gasteiger partial charge in [-0.15, -0.1) is 0 Å². The van der Waals surface area contributed by atoms with Crippen molar-refractivity contribution in [1.82, 2.24) is 5.32 Å². The van der Waals surface area contributed by atoms with E-state index in [1.165, 1.54) is 18.2 Å². The monoisotopic (exact) mass is 337 g/mol. The van der Waals surface area contributed by atoms with E-state index in [1.54, 1.807) is 0 Å². The molecule has 116 valence electrons. The van der Waals surface area contributed by atoms with Crippen LogP contribution in [0.3, 0.4) is 0 Å². The minimum atomic E-state index is -3.96. The first kappa shape index (κ1) is 17.4. The molecule has 1 rings (SSSR count). The summed E-state index contributed by atoms with van der Waals surface area (Å²) < 4.78 is 37.5. The van der Waals surface area contributed by atoms with E-state index in [1.807, 2.05) is 5.32 Å². The number of sulfone groups is 1. The molecule has 0 saturated heterocycles. The van der Waals surface area contributed by atoms with E-state index in [0.717, 1.165) is 6.92 Å². The zero-order chi connectivity index (χ0) is 16.2. The zero-order valence-corrected chi connectivity index (χ0v) is 12.5. The third kappa shape index (κ3) is 5.31. The van der Waals surface area contributed by atoms with Gasteiger partial charge in [-0.3, -0.25) is 4.79 Å². The quantitative estimate of drug-likeness (QED) is 0.806. The van der Waals surface area contributed by atoms with Crippen LogP contribution >= 0.6 is 11.6 Å². The predicted molar refractivity (Wildman–Crippen MR) is 74.1 cm³/mol. The molecule has 1 aromatic carbocycles. The Balaban J connectivity index is 2.93. The highest BCUT2D eigenvalue weighted by Gasteiger charge is 2.27. The molecule has 0 aliphatic carbocycles. The van der Waals surface area contributed by atoms with Gasteiger partial charge in [0.05, 0.1) is 16.5 Å². The maximum atomic E-state index is 13.7. The van der Waals surface area contributed by atoms with Gasteiger partial charge < -0.3 is 10.4 Å². The number of carboxylic acids is 1. The lowest BCUT2D eigenvalue weighted by atomic mass is 10.2. The summed E-state index contributed by atoms with van der Waals surface area (Å²) in [7, 11) is -3.96. The van der Waals surface area contributed by atoms with Crippen LogP contribution in [-0.4, -0.2) is 37.2 Å². The summed E-state index contributed by atoms with van der Waals surface area (Å²) in [4.78, 5) is 21.8. The van der Waals surface area contributed by atoms with Gasteiger partial charge in [-0.1, -0.05) is 23.7 Å². The molecule has 21 heavy (non-hydrogen) atoms. The van der Waals surface area contributed by atoms with E-state index in [4.69, 9.17) is 16.7 Å². The van der Waals surface area contributed by atoms with Gasteiger partial charge >= 0.3 is 5.97 Å². The summed E-state index contributed by atoms with van der Waals surface area (Å²) in [5, 5.41) is 10.7. The molecule has 2 N–H and O–H groups in total. The highest BCUT2D eigenvalue weighted by Crippen LogP contribution is 2.20. The van der Waals surface area contributed by atoms with E-state index in [-0.39, 0.29) is 10.6 Å². The molecule has 1 atom stereocenters. The second kappa shape index (κ2) is 6.86. The lowest BCUT2D eigenvalue weighted by molar-refractivity contribution is -0.140. The molecular formula is C12H13ClFNO5S. The Hall–Kier alpha value is -1.67. The second-order valence-electron chi connectivity index (χ2n) is 4.36. The van der Waals surface area contributed by atoms with Crippen molar-refractivity contribution in [2.45, 2.75) is 18.7 Å². The average molecular weight is 338 g/mol. The minimum Gasteiger partial charge on any atom is -0.480 e. The summed E-state index contributed by atoms with van der Waals surface area (Å²) in [6.07, 6.45) is 0. The van der Waals surface area contributed by atoms with Crippen LogP contribution in [0, 0.1) is 5.82 Å². The standard InChI is InChI=1S/C12H13ClFNO5S/c1-7(16)15-10(12(17)18)6-21(19,20)5-8-3-2-4-9(13)11(8)14/h2-4,10H,5-6H2,1H3,(H,15,16)(H,17,18)/t10-/m0/s1. The van der Waals surface area contributed by atoms with Gasteiger partial charge in [0.2, 0.25) is 5.91 Å². The molecule has 0 spiro atoms. The summed E-state index contributed by atoms with van der Waals surface area (Å²) in [6, 6.07) is 2.31. The SMILES string of the molecule is CC(=O)N[C@@H](CS(=O)(=O)Cc1cccc(Cl)c1F)C(=O)O. The molecule has 0 aromatic heterocycles. The number of benzene rings is 1. The highest BCUT2D eigenvalue weighted by atomic mass is 35.5. The normalized spacial score (nSPS) is 12.7. The van der Waals surface area contributed by atoms with Crippen LogP contribution in [0.5, 0.6) is 0 Å². The Morgan fingerprint density at radius 3 is 2.57 bits per heavy atom. The molecule has 0 heterocycles. The van der Waals surface area contributed by atoms with Crippen LogP contribution in [0.25, 0.3) is 0 Å². The van der Waals surface area contributed by atoms with Crippen molar-refractivity contribution in [3.8, 4) is 0 Å². The van der Waals surface area contributed by atoms with Crippen molar-refractivity contribution in [2.24, 2.45) is 0 Å². The van der Waals surface area contributed by atoms with Gasteiger partial charge in [-0.05, 0) is 6.07 Å². The number of carboxylic acid groups (broad SMARTS) is 1. The first-order valence-corrected chi connectivity index (χ1v) is 7.95. The molecule has 6 nitrogen and oxygen atoms in total. The van der Waals surface area contributed by atoms with Gasteiger partial charge in [-0.2, -0.15) is 0 Å². The summed E-state index contributed by atoms with van der Waals surface area (Å²) in [6.45, 7) is 1.07. The summed E-state index contributed by atoms with van der Waals surface area (Å²) in [5.74, 6) is -4.57. The fourth-order valence-corrected chi connectivity index (χ4v) is 3.37. The van der Waals surface area contributed by atoms with Crippen molar-refractivity contribution >= 4 is 33.3 Å². The number of hydrogen-bond acceptors (Lipinski definition) is 4. The second-order valence-corrected chi connectivity index (χ2v) is 6.88. The van der Waals surface area contributed by atoms with Crippen LogP contribution in [0.1, 0.15) is 12.5 Å². The Kier molecular flexibility index (Phi) is 5.68. The molecule has 0 saturated carbocycles. The van der Waals surface area contributed by atoms with E-state index >= 15 is 0 Å². The van der Waals surface area contributed by atoms with E-state index in [9.17, 15) is 22.4 Å². The third-order valence-electron chi connectivity index (χ3n) is 2.50. The highest BCUT2D eigenvalue weighted by molar-refractivity contribution is 7.90. The summed E-state index contributed by atoms with van der Waals surface area (Å²) in [5.41, 5.74) is -0.158. The van der Waals surface area contributed by atoms with Gasteiger partial charge in [0, 0.05) is 12.5 Å². The van der Waals surface area contributed by atoms with Crippen LogP contribution in [0.4, 0.5) is 4.39 Å². The number of carbonyl (C=O) groups is 2. The Bertz CT molecular complexity index is 662. The maximum Gasteiger partial charge on any atom is 0.327 e. The van der Waals surface area contributed by atoms with E-state index in [0.29, 0.717) is 0 Å². The number of rotatable bonds is 6. The molecular weight excluding hydrogens is 325 g/mol. The van der Waals surface area contributed by atoms with Gasteiger partial charge in [0.25, 0.3) is 0 Å². The van der Waals surface area contributed by atoms with Crippen molar-refractivity contribution in [1.29, 1.82) is 0 Å². The number of amides is 1. The average Bonchev–Trinajstić information content (AvgIpc) is 2.33. The molecule has 1 aromatic rings. The smallest absolute Gasteiger partial charge is 0.327 e. The Labute approximate surface area is 125 Å². The third-order valence-corrected chi connectivity index (χ3v) is 4.39. The van der Waals surface area contributed by atoms with Crippen molar-refractivity contribution in [3.05, 3.63) is 34.6 Å². The van der Waals surface area contributed by atoms with E-state index in [2.05, 4.69) is 0 Å². The van der Waals surface area contributed by atoms with Gasteiger partial charge in [-0.25, -0.2) is 17.6 Å². The Morgan fingerprint density at radius 1 is 1.43 bits per heavy atom. The largest absolute Gasteiger partial charge is 0.480 e. The first-order chi connectivity index (χ1) is 9.62. The maximum absolute atomic E-state index is 13.7. The van der Waals surface area contributed by atoms with Crippen molar-refractivity contribution in [2.75, 3.05) is 5.75 Å². The van der Waals surface area contributed by atoms with E-state index < -0.39 is 45.1 Å². The number of hydrogen-bond donors (Lipinski definition) is 2. The molecule has 0 aliphatic rings. The number of aliphatic carboxylic acids is 1. The number of halogens is 2. The fourth-order valence-electron chi connectivity index (χ4n) is 1.63. The first-order valence-electron chi connectivity index (χ1n) is 5.75. The predicted octanol–water partition coefficient (Wildman–Crippen LogP) is 0.983. The molecule has 1 amide bonds. The fraction of sp³-hybridized carbons (Fsp3) is 0.333. The number of nitrogens with one attached hydrogen (secondary N) is 1. The van der Waals surface area contributed by atoms with Crippen molar-refractivity contribution < 1.29 is 27.5 Å². The molecule has 0 aliphatic heterocycles. The van der Waals surface area contributed by atoms with Crippen LogP contribution in [0.15, 0.2) is 18.2 Å². The molecule has 0 unspecified atom stereocenters. The Morgan fingerprint density at radius 2 is 2.05 bits per heavy atom. The summed E-state index contributed by atoms with van der Waals surface area (Å²) >= 11 is 5.55. The molecule has 0 bridgehead atoms. The molecule has 0 fully saturated rings. The molecule has 9 heteroatoms. The van der Waals surface area contributed by atoms with Gasteiger partial charge in [0.15, 0.2) is 9.84 Å². The lowest BCUT2D eigenvalue weighted by Crippen LogP contribution is -2.44. The van der Waals surface area contributed by atoms with Crippen LogP contribution in [-0.2, 0) is 25.2 Å². The topological polar surface area (TPSA) is 101 Å². The van der Waals surface area contributed by atoms with Crippen LogP contribution < -0.4 is 5.32 Å². The lowest BCUT2D eigenvalue weighted by Gasteiger charge is -2.14. The number of carbonyl (C=O) groups excluding carboxylic acids is 1. The van der Waals surface area contributed by atoms with Crippen LogP contribution in [0.2, 0.25) is 5.02 Å². The minimum absolute atomic E-state index is 0.158.